The first-order valence-corrected chi connectivity index (χ1v) is 8.80. The highest BCUT2D eigenvalue weighted by molar-refractivity contribution is 5.95. The topological polar surface area (TPSA) is 58.2 Å². The van der Waals surface area contributed by atoms with Crippen LogP contribution in [0.2, 0.25) is 0 Å². The van der Waals surface area contributed by atoms with Crippen LogP contribution in [0.25, 0.3) is 0 Å². The molecule has 1 aliphatic carbocycles. The van der Waals surface area contributed by atoms with Crippen LogP contribution < -0.4 is 10.6 Å². The molecule has 2 N–H and O–H groups in total. The lowest BCUT2D eigenvalue weighted by Crippen LogP contribution is -2.37. The molecule has 0 saturated heterocycles. The van der Waals surface area contributed by atoms with Crippen molar-refractivity contribution in [1.29, 1.82) is 0 Å². The highest BCUT2D eigenvalue weighted by Gasteiger charge is 2.14. The third-order valence-corrected chi connectivity index (χ3v) is 4.50. The smallest absolute Gasteiger partial charge is 0.251 e. The zero-order valence-electron chi connectivity index (χ0n) is 14.1. The minimum atomic E-state index is -0.109. The monoisotopic (exact) mass is 316 g/mol. The molecule has 0 bridgehead atoms. The second kappa shape index (κ2) is 9.33. The van der Waals surface area contributed by atoms with E-state index < -0.39 is 0 Å². The molecule has 1 aromatic carbocycles. The van der Waals surface area contributed by atoms with Crippen LogP contribution >= 0.6 is 0 Å². The summed E-state index contributed by atoms with van der Waals surface area (Å²) < 4.78 is 0. The zero-order valence-corrected chi connectivity index (χ0v) is 14.1. The predicted molar refractivity (Wildman–Crippen MR) is 92.4 cm³/mol. The van der Waals surface area contributed by atoms with Crippen LogP contribution in [0.5, 0.6) is 0 Å². The molecule has 1 aliphatic rings. The van der Waals surface area contributed by atoms with Crippen molar-refractivity contribution in [2.45, 2.75) is 64.3 Å². The van der Waals surface area contributed by atoms with E-state index in [1.54, 1.807) is 6.07 Å². The van der Waals surface area contributed by atoms with E-state index in [0.29, 0.717) is 24.6 Å². The molecule has 0 aliphatic heterocycles. The molecule has 0 spiro atoms. The number of rotatable bonds is 5. The van der Waals surface area contributed by atoms with Gasteiger partial charge in [-0.05, 0) is 31.4 Å². The Kier molecular flexibility index (Phi) is 7.11. The maximum absolute atomic E-state index is 12.1. The molecular weight excluding hydrogens is 288 g/mol. The molecule has 1 fully saturated rings. The Balaban J connectivity index is 1.70. The van der Waals surface area contributed by atoms with Crippen molar-refractivity contribution in [3.05, 3.63) is 35.4 Å². The quantitative estimate of drug-likeness (QED) is 0.875. The maximum atomic E-state index is 12.1. The van der Waals surface area contributed by atoms with Crippen LogP contribution in [-0.4, -0.2) is 24.4 Å². The zero-order chi connectivity index (χ0) is 16.5. The van der Waals surface area contributed by atoms with Gasteiger partial charge in [0.2, 0.25) is 5.91 Å². The average Bonchev–Trinajstić information content (AvgIpc) is 2.50. The van der Waals surface area contributed by atoms with Crippen LogP contribution in [0.15, 0.2) is 24.3 Å². The molecule has 126 valence electrons. The number of amides is 2. The number of benzene rings is 1. The molecule has 4 nitrogen and oxygen atoms in total. The number of aryl methyl sites for hydroxylation is 1. The van der Waals surface area contributed by atoms with Crippen molar-refractivity contribution in [2.75, 3.05) is 6.54 Å². The van der Waals surface area contributed by atoms with E-state index in [1.807, 2.05) is 25.1 Å². The van der Waals surface area contributed by atoms with Crippen LogP contribution in [0.4, 0.5) is 0 Å². The van der Waals surface area contributed by atoms with Gasteiger partial charge < -0.3 is 10.6 Å². The molecule has 4 heteroatoms. The van der Waals surface area contributed by atoms with Gasteiger partial charge in [0.1, 0.15) is 0 Å². The summed E-state index contributed by atoms with van der Waals surface area (Å²) in [5, 5.41) is 5.95. The summed E-state index contributed by atoms with van der Waals surface area (Å²) in [5.41, 5.74) is 1.62. The van der Waals surface area contributed by atoms with E-state index in [1.165, 1.54) is 32.1 Å². The van der Waals surface area contributed by atoms with E-state index in [0.717, 1.165) is 18.4 Å². The molecular formula is C19H28N2O2. The standard InChI is InChI=1S/C19H28N2O2/c1-15-9-7-8-12-17(15)19(23)20-14-13-18(22)21-16-10-5-3-2-4-6-11-16/h7-9,12,16H,2-6,10-11,13-14H2,1H3,(H,20,23)(H,21,22). The Morgan fingerprint density at radius 1 is 1.04 bits per heavy atom. The Morgan fingerprint density at radius 3 is 2.39 bits per heavy atom. The molecule has 0 heterocycles. The largest absolute Gasteiger partial charge is 0.353 e. The van der Waals surface area contributed by atoms with Crippen molar-refractivity contribution >= 4 is 11.8 Å². The van der Waals surface area contributed by atoms with Gasteiger partial charge in [0.25, 0.3) is 5.91 Å². The highest BCUT2D eigenvalue weighted by atomic mass is 16.2. The Labute approximate surface area is 139 Å². The fourth-order valence-corrected chi connectivity index (χ4v) is 3.11. The summed E-state index contributed by atoms with van der Waals surface area (Å²) >= 11 is 0. The maximum Gasteiger partial charge on any atom is 0.251 e. The van der Waals surface area contributed by atoms with Crippen molar-refractivity contribution in [2.24, 2.45) is 0 Å². The summed E-state index contributed by atoms with van der Waals surface area (Å²) in [7, 11) is 0. The molecule has 1 aromatic rings. The van der Waals surface area contributed by atoms with E-state index in [4.69, 9.17) is 0 Å². The van der Waals surface area contributed by atoms with E-state index in [-0.39, 0.29) is 11.8 Å². The summed E-state index contributed by atoms with van der Waals surface area (Å²) in [6, 6.07) is 7.79. The van der Waals surface area contributed by atoms with Gasteiger partial charge in [-0.15, -0.1) is 0 Å². The van der Waals surface area contributed by atoms with Crippen molar-refractivity contribution in [3.63, 3.8) is 0 Å². The van der Waals surface area contributed by atoms with Crippen LogP contribution in [0.1, 0.15) is 67.3 Å². The number of carbonyl (C=O) groups excluding carboxylic acids is 2. The number of hydrogen-bond acceptors (Lipinski definition) is 2. The van der Waals surface area contributed by atoms with Gasteiger partial charge in [-0.1, -0.05) is 50.3 Å². The normalized spacial score (nSPS) is 16.2. The first-order chi connectivity index (χ1) is 11.2. The molecule has 1 saturated carbocycles. The lowest BCUT2D eigenvalue weighted by Gasteiger charge is -2.21. The number of carbonyl (C=O) groups is 2. The van der Waals surface area contributed by atoms with Crippen LogP contribution in [0.3, 0.4) is 0 Å². The summed E-state index contributed by atoms with van der Waals surface area (Å²) in [4.78, 5) is 24.1. The minimum absolute atomic E-state index is 0.0423. The van der Waals surface area contributed by atoms with Crippen molar-refractivity contribution in [3.8, 4) is 0 Å². The van der Waals surface area contributed by atoms with Gasteiger partial charge in [-0.3, -0.25) is 9.59 Å². The summed E-state index contributed by atoms with van der Waals surface area (Å²) in [5.74, 6) is -0.0671. The number of nitrogens with one attached hydrogen (secondary N) is 2. The van der Waals surface area contributed by atoms with Gasteiger partial charge in [0, 0.05) is 24.6 Å². The molecule has 2 rings (SSSR count). The van der Waals surface area contributed by atoms with Gasteiger partial charge in [0.15, 0.2) is 0 Å². The predicted octanol–water partition coefficient (Wildman–Crippen LogP) is 3.34. The Bertz CT molecular complexity index is 520. The van der Waals surface area contributed by atoms with Crippen molar-refractivity contribution in [1.82, 2.24) is 10.6 Å². The summed E-state index contributed by atoms with van der Waals surface area (Å²) in [6.45, 7) is 2.29. The van der Waals surface area contributed by atoms with Gasteiger partial charge in [-0.2, -0.15) is 0 Å². The molecule has 0 atom stereocenters. The molecule has 0 radical (unpaired) electrons. The van der Waals surface area contributed by atoms with Gasteiger partial charge >= 0.3 is 0 Å². The number of hydrogen-bond donors (Lipinski definition) is 2. The fourth-order valence-electron chi connectivity index (χ4n) is 3.11. The van der Waals surface area contributed by atoms with Crippen molar-refractivity contribution < 1.29 is 9.59 Å². The third-order valence-electron chi connectivity index (χ3n) is 4.50. The third kappa shape index (κ3) is 6.05. The lowest BCUT2D eigenvalue weighted by molar-refractivity contribution is -0.121. The fraction of sp³-hybridized carbons (Fsp3) is 0.579. The van der Waals surface area contributed by atoms with E-state index in [2.05, 4.69) is 10.6 Å². The van der Waals surface area contributed by atoms with Gasteiger partial charge in [0.05, 0.1) is 0 Å². The SMILES string of the molecule is Cc1ccccc1C(=O)NCCC(=O)NC1CCCCCCC1. The molecule has 2 amide bonds. The molecule has 0 unspecified atom stereocenters. The summed E-state index contributed by atoms with van der Waals surface area (Å²) in [6.07, 6.45) is 8.80. The Hall–Kier alpha value is -1.84. The molecule has 0 aromatic heterocycles. The van der Waals surface area contributed by atoms with Crippen LogP contribution in [-0.2, 0) is 4.79 Å². The Morgan fingerprint density at radius 2 is 1.70 bits per heavy atom. The highest BCUT2D eigenvalue weighted by Crippen LogP contribution is 2.17. The van der Waals surface area contributed by atoms with E-state index in [9.17, 15) is 9.59 Å². The average molecular weight is 316 g/mol. The van der Waals surface area contributed by atoms with E-state index >= 15 is 0 Å². The lowest BCUT2D eigenvalue weighted by atomic mass is 9.96. The molecule has 23 heavy (non-hydrogen) atoms. The second-order valence-corrected chi connectivity index (χ2v) is 6.43. The van der Waals surface area contributed by atoms with Gasteiger partial charge in [-0.25, -0.2) is 0 Å². The minimum Gasteiger partial charge on any atom is -0.353 e. The van der Waals surface area contributed by atoms with Crippen LogP contribution in [0, 0.1) is 6.92 Å². The first kappa shape index (κ1) is 17.5. The first-order valence-electron chi connectivity index (χ1n) is 8.80. The second-order valence-electron chi connectivity index (χ2n) is 6.43.